The Morgan fingerprint density at radius 3 is 2.55 bits per heavy atom. The van der Waals surface area contributed by atoms with Gasteiger partial charge in [-0.25, -0.2) is 0 Å². The Hall–Kier alpha value is -4.20. The number of methoxy groups -OCH3 is 2. The highest BCUT2D eigenvalue weighted by Gasteiger charge is 2.17. The maximum atomic E-state index is 12.4. The monoisotopic (exact) mass is 415 g/mol. The Morgan fingerprint density at radius 2 is 1.81 bits per heavy atom. The molecule has 4 aromatic rings. The minimum absolute atomic E-state index is 0.148. The van der Waals surface area contributed by atoms with Crippen molar-refractivity contribution in [1.82, 2.24) is 15.2 Å². The molecular formula is C23H21N5O3. The molecule has 2 N–H and O–H groups in total. The molecule has 0 bridgehead atoms. The van der Waals surface area contributed by atoms with Gasteiger partial charge in [-0.3, -0.25) is 20.0 Å². The van der Waals surface area contributed by atoms with Gasteiger partial charge < -0.3 is 9.47 Å². The van der Waals surface area contributed by atoms with Gasteiger partial charge in [0.2, 0.25) is 0 Å². The lowest BCUT2D eigenvalue weighted by Crippen LogP contribution is -1.96. The summed E-state index contributed by atoms with van der Waals surface area (Å²) in [6.45, 7) is 2.02. The molecule has 0 fully saturated rings. The lowest BCUT2D eigenvalue weighted by atomic mass is 10.0. The molecule has 0 amide bonds. The van der Waals surface area contributed by atoms with E-state index in [1.165, 1.54) is 0 Å². The topological polar surface area (TPSA) is 105 Å². The standard InChI is InChI=1S/C23H21N5O3/c1-14-6-7-16(11-18(14)15-5-4-10-24-13-15)25-27-22-21(26-28-23(22)29)19-12-17(30-2)8-9-20(19)31-3/h4-13H,1-3H3,(H2,26,28,29). The average Bonchev–Trinajstić information content (AvgIpc) is 3.18. The predicted molar refractivity (Wildman–Crippen MR) is 119 cm³/mol. The van der Waals surface area contributed by atoms with Gasteiger partial charge in [-0.05, 0) is 54.4 Å². The molecule has 0 aliphatic heterocycles. The Bertz CT molecular complexity index is 1290. The van der Waals surface area contributed by atoms with E-state index >= 15 is 0 Å². The first-order valence-electron chi connectivity index (χ1n) is 9.56. The molecule has 0 radical (unpaired) electrons. The van der Waals surface area contributed by atoms with Crippen LogP contribution in [0.2, 0.25) is 0 Å². The van der Waals surface area contributed by atoms with E-state index in [0.29, 0.717) is 28.4 Å². The predicted octanol–water partition coefficient (Wildman–Crippen LogP) is 5.17. The Labute approximate surface area is 178 Å². The minimum Gasteiger partial charge on any atom is -0.497 e. The summed E-state index contributed by atoms with van der Waals surface area (Å²) in [7, 11) is 3.13. The Balaban J connectivity index is 1.74. The summed E-state index contributed by atoms with van der Waals surface area (Å²) in [4.78, 5) is 16.6. The first-order chi connectivity index (χ1) is 15.1. The minimum atomic E-state index is -0.386. The summed E-state index contributed by atoms with van der Waals surface area (Å²) in [6.07, 6.45) is 3.53. The number of nitrogens with one attached hydrogen (secondary N) is 2. The summed E-state index contributed by atoms with van der Waals surface area (Å²) < 4.78 is 10.7. The van der Waals surface area contributed by atoms with E-state index in [1.807, 2.05) is 37.3 Å². The van der Waals surface area contributed by atoms with Gasteiger partial charge in [-0.2, -0.15) is 5.11 Å². The molecule has 156 valence electrons. The van der Waals surface area contributed by atoms with Crippen molar-refractivity contribution in [3.05, 3.63) is 76.8 Å². The maximum absolute atomic E-state index is 12.4. The third-order valence-corrected chi connectivity index (χ3v) is 4.89. The summed E-state index contributed by atoms with van der Waals surface area (Å²) in [5, 5.41) is 14.0. The second kappa shape index (κ2) is 8.66. The second-order valence-electron chi connectivity index (χ2n) is 6.81. The molecule has 0 unspecified atom stereocenters. The number of H-pyrrole nitrogens is 2. The fraction of sp³-hybridized carbons (Fsp3) is 0.130. The molecule has 0 aliphatic rings. The van der Waals surface area contributed by atoms with Crippen LogP contribution in [0, 0.1) is 6.92 Å². The molecule has 0 saturated heterocycles. The Kier molecular flexibility index (Phi) is 5.61. The average molecular weight is 415 g/mol. The van der Waals surface area contributed by atoms with Gasteiger partial charge in [-0.1, -0.05) is 12.1 Å². The van der Waals surface area contributed by atoms with E-state index < -0.39 is 0 Å². The second-order valence-corrected chi connectivity index (χ2v) is 6.81. The van der Waals surface area contributed by atoms with Gasteiger partial charge in [0.15, 0.2) is 5.69 Å². The maximum Gasteiger partial charge on any atom is 0.292 e. The largest absolute Gasteiger partial charge is 0.497 e. The van der Waals surface area contributed by atoms with Gasteiger partial charge in [-0.15, -0.1) is 5.11 Å². The molecule has 0 atom stereocenters. The number of aromatic nitrogens is 3. The third kappa shape index (κ3) is 4.09. The van der Waals surface area contributed by atoms with Crippen LogP contribution in [0.1, 0.15) is 5.56 Å². The molecule has 0 saturated carbocycles. The number of aromatic amines is 2. The van der Waals surface area contributed by atoms with Crippen LogP contribution in [0.3, 0.4) is 0 Å². The number of azo groups is 1. The lowest BCUT2D eigenvalue weighted by molar-refractivity contribution is 0.404. The third-order valence-electron chi connectivity index (χ3n) is 4.89. The number of rotatable bonds is 6. The van der Waals surface area contributed by atoms with Crippen molar-refractivity contribution in [1.29, 1.82) is 0 Å². The number of benzene rings is 2. The van der Waals surface area contributed by atoms with Crippen molar-refractivity contribution in [3.8, 4) is 33.9 Å². The zero-order valence-corrected chi connectivity index (χ0v) is 17.3. The smallest absolute Gasteiger partial charge is 0.292 e. The molecule has 2 aromatic heterocycles. The number of nitrogens with zero attached hydrogens (tertiary/aromatic N) is 3. The van der Waals surface area contributed by atoms with Crippen molar-refractivity contribution in [2.75, 3.05) is 14.2 Å². The van der Waals surface area contributed by atoms with Gasteiger partial charge in [0, 0.05) is 23.5 Å². The SMILES string of the molecule is COc1ccc(OC)c(-c2[nH][nH]c(=O)c2N=Nc2ccc(C)c(-c3cccnc3)c2)c1. The quantitative estimate of drug-likeness (QED) is 0.424. The van der Waals surface area contributed by atoms with Crippen LogP contribution < -0.4 is 15.0 Å². The van der Waals surface area contributed by atoms with Crippen LogP contribution in [-0.2, 0) is 0 Å². The van der Waals surface area contributed by atoms with Gasteiger partial charge in [0.25, 0.3) is 5.56 Å². The summed E-state index contributed by atoms with van der Waals surface area (Å²) in [6, 6.07) is 14.9. The van der Waals surface area contributed by atoms with E-state index in [9.17, 15) is 4.79 Å². The van der Waals surface area contributed by atoms with E-state index in [0.717, 1.165) is 16.7 Å². The van der Waals surface area contributed by atoms with Crippen LogP contribution in [0.4, 0.5) is 11.4 Å². The highest BCUT2D eigenvalue weighted by Crippen LogP contribution is 2.36. The van der Waals surface area contributed by atoms with Crippen molar-refractivity contribution in [3.63, 3.8) is 0 Å². The fourth-order valence-electron chi connectivity index (χ4n) is 3.26. The lowest BCUT2D eigenvalue weighted by Gasteiger charge is -2.09. The molecule has 2 aromatic carbocycles. The molecule has 0 spiro atoms. The molecule has 8 heteroatoms. The van der Waals surface area contributed by atoms with Crippen molar-refractivity contribution in [2.24, 2.45) is 10.2 Å². The summed E-state index contributed by atoms with van der Waals surface area (Å²) >= 11 is 0. The first-order valence-corrected chi connectivity index (χ1v) is 9.56. The van der Waals surface area contributed by atoms with Crippen molar-refractivity contribution < 1.29 is 9.47 Å². The van der Waals surface area contributed by atoms with E-state index in [2.05, 4.69) is 25.4 Å². The number of hydrogen-bond acceptors (Lipinski definition) is 6. The van der Waals surface area contributed by atoms with Crippen LogP contribution >= 0.6 is 0 Å². The molecule has 31 heavy (non-hydrogen) atoms. The number of hydrogen-bond donors (Lipinski definition) is 2. The zero-order chi connectivity index (χ0) is 21.8. The molecule has 8 nitrogen and oxygen atoms in total. The summed E-state index contributed by atoms with van der Waals surface area (Å²) in [5.41, 5.74) is 4.55. The zero-order valence-electron chi connectivity index (χ0n) is 17.3. The molecule has 4 rings (SSSR count). The normalized spacial score (nSPS) is 11.1. The molecular weight excluding hydrogens is 394 g/mol. The van der Waals surface area contributed by atoms with Crippen LogP contribution in [0.15, 0.2) is 75.9 Å². The van der Waals surface area contributed by atoms with Gasteiger partial charge in [0.1, 0.15) is 11.5 Å². The number of ether oxygens (including phenoxy) is 2. The van der Waals surface area contributed by atoms with Crippen molar-refractivity contribution >= 4 is 11.4 Å². The Morgan fingerprint density at radius 1 is 0.935 bits per heavy atom. The van der Waals surface area contributed by atoms with Crippen LogP contribution in [0.25, 0.3) is 22.4 Å². The molecule has 0 aliphatic carbocycles. The van der Waals surface area contributed by atoms with E-state index in [-0.39, 0.29) is 11.2 Å². The van der Waals surface area contributed by atoms with Crippen molar-refractivity contribution in [2.45, 2.75) is 6.92 Å². The summed E-state index contributed by atoms with van der Waals surface area (Å²) in [5.74, 6) is 1.20. The van der Waals surface area contributed by atoms with Gasteiger partial charge in [0.05, 0.1) is 25.6 Å². The highest BCUT2D eigenvalue weighted by molar-refractivity contribution is 5.77. The fourth-order valence-corrected chi connectivity index (χ4v) is 3.26. The number of aryl methyl sites for hydroxylation is 1. The van der Waals surface area contributed by atoms with E-state index in [1.54, 1.807) is 44.8 Å². The van der Waals surface area contributed by atoms with Crippen LogP contribution in [-0.4, -0.2) is 29.4 Å². The number of pyridine rings is 1. The first kappa shape index (κ1) is 20.1. The van der Waals surface area contributed by atoms with Gasteiger partial charge >= 0.3 is 0 Å². The van der Waals surface area contributed by atoms with Crippen LogP contribution in [0.5, 0.6) is 11.5 Å². The van der Waals surface area contributed by atoms with E-state index in [4.69, 9.17) is 9.47 Å². The molecule has 2 heterocycles. The highest BCUT2D eigenvalue weighted by atomic mass is 16.5.